The van der Waals surface area contributed by atoms with Gasteiger partial charge in [-0.15, -0.1) is 0 Å². The fourth-order valence-corrected chi connectivity index (χ4v) is 2.15. The smallest absolute Gasteiger partial charge is 0.251 e. The number of carbonyl (C=O) groups is 1. The first-order chi connectivity index (χ1) is 9.29. The molecule has 1 aliphatic heterocycles. The Morgan fingerprint density at radius 2 is 2.00 bits per heavy atom. The maximum Gasteiger partial charge on any atom is 0.251 e. The van der Waals surface area contributed by atoms with Gasteiger partial charge in [0.25, 0.3) is 5.91 Å². The van der Waals surface area contributed by atoms with Crippen molar-refractivity contribution in [2.45, 2.75) is 4.90 Å². The van der Waals surface area contributed by atoms with Crippen molar-refractivity contribution >= 4 is 18.1 Å². The Morgan fingerprint density at radius 3 is 2.63 bits per heavy atom. The van der Waals surface area contributed by atoms with Crippen LogP contribution in [0.4, 0.5) is 3.89 Å². The highest BCUT2D eigenvalue weighted by Gasteiger charge is 2.10. The second-order valence-corrected chi connectivity index (χ2v) is 4.94. The molecule has 1 saturated heterocycles. The highest BCUT2D eigenvalue weighted by atomic mass is 32.2. The van der Waals surface area contributed by atoms with Crippen molar-refractivity contribution in [1.29, 1.82) is 0 Å². The Labute approximate surface area is 116 Å². The Morgan fingerprint density at radius 1 is 1.32 bits per heavy atom. The van der Waals surface area contributed by atoms with E-state index < -0.39 is 0 Å². The summed E-state index contributed by atoms with van der Waals surface area (Å²) in [5.41, 5.74) is 0.555. The zero-order valence-corrected chi connectivity index (χ0v) is 11.4. The molecule has 6 heteroatoms. The molecule has 1 aliphatic rings. The first kappa shape index (κ1) is 14.3. The molecule has 0 radical (unpaired) electrons. The van der Waals surface area contributed by atoms with E-state index in [0.29, 0.717) is 17.0 Å². The monoisotopic (exact) mass is 284 g/mol. The summed E-state index contributed by atoms with van der Waals surface area (Å²) in [5, 5.41) is 2.86. The van der Waals surface area contributed by atoms with E-state index in [1.54, 1.807) is 24.3 Å². The first-order valence-corrected chi connectivity index (χ1v) is 6.98. The van der Waals surface area contributed by atoms with E-state index in [4.69, 9.17) is 4.74 Å². The van der Waals surface area contributed by atoms with Gasteiger partial charge < -0.3 is 10.1 Å². The molecule has 0 bridgehead atoms. The van der Waals surface area contributed by atoms with Crippen molar-refractivity contribution in [2.24, 2.45) is 0 Å². The number of ether oxygens (including phenoxy) is 1. The molecule has 1 N–H and O–H groups in total. The lowest BCUT2D eigenvalue weighted by atomic mass is 10.2. The normalized spacial score (nSPS) is 16.3. The topological polar surface area (TPSA) is 41.6 Å². The number of nitrogens with one attached hydrogen (secondary N) is 1. The molecule has 1 amide bonds. The summed E-state index contributed by atoms with van der Waals surface area (Å²) in [6, 6.07) is 6.46. The van der Waals surface area contributed by atoms with E-state index in [-0.39, 0.29) is 18.1 Å². The van der Waals surface area contributed by atoms with Crippen LogP contribution in [0.2, 0.25) is 0 Å². The Balaban J connectivity index is 1.73. The summed E-state index contributed by atoms with van der Waals surface area (Å²) >= 11 is 0.176. The number of nitrogens with zero attached hydrogens (tertiary/aromatic N) is 1. The summed E-state index contributed by atoms with van der Waals surface area (Å²) in [5.74, 6) is -0.122. The summed E-state index contributed by atoms with van der Waals surface area (Å²) in [7, 11) is 0. The molecule has 1 aromatic rings. The van der Waals surface area contributed by atoms with Crippen LogP contribution in [-0.2, 0) is 4.74 Å². The molecule has 19 heavy (non-hydrogen) atoms. The number of benzene rings is 1. The summed E-state index contributed by atoms with van der Waals surface area (Å²) in [6.07, 6.45) is 0. The molecule has 0 spiro atoms. The Kier molecular flexibility index (Phi) is 5.62. The van der Waals surface area contributed by atoms with Crippen LogP contribution in [0.3, 0.4) is 0 Å². The lowest BCUT2D eigenvalue weighted by Crippen LogP contribution is -2.41. The number of amides is 1. The standard InChI is InChI=1S/C13H17FN2O2S/c14-19-12-3-1-11(2-4-12)13(17)15-5-6-16-7-9-18-10-8-16/h1-4H,5-10H2,(H,15,17). The third-order valence-corrected chi connectivity index (χ3v) is 3.47. The van der Waals surface area contributed by atoms with Gasteiger partial charge in [-0.05, 0) is 24.3 Å². The molecule has 0 aromatic heterocycles. The van der Waals surface area contributed by atoms with Crippen LogP contribution in [0.5, 0.6) is 0 Å². The van der Waals surface area contributed by atoms with Gasteiger partial charge >= 0.3 is 0 Å². The third-order valence-electron chi connectivity index (χ3n) is 3.02. The molecule has 1 aromatic carbocycles. The van der Waals surface area contributed by atoms with Gasteiger partial charge in [-0.3, -0.25) is 9.69 Å². The SMILES string of the molecule is O=C(NCCN1CCOCC1)c1ccc(SF)cc1. The molecule has 1 fully saturated rings. The largest absolute Gasteiger partial charge is 0.379 e. The molecule has 1 heterocycles. The molecule has 2 rings (SSSR count). The Hall–Kier alpha value is -1.11. The molecular formula is C13H17FN2O2S. The minimum absolute atomic E-state index is 0.122. The van der Waals surface area contributed by atoms with Crippen LogP contribution >= 0.6 is 12.1 Å². The van der Waals surface area contributed by atoms with E-state index in [0.717, 1.165) is 32.8 Å². The summed E-state index contributed by atoms with van der Waals surface area (Å²) in [4.78, 5) is 14.6. The third kappa shape index (κ3) is 4.49. The van der Waals surface area contributed by atoms with Gasteiger partial charge in [0, 0.05) is 36.6 Å². The van der Waals surface area contributed by atoms with Crippen molar-refractivity contribution < 1.29 is 13.4 Å². The highest BCUT2D eigenvalue weighted by molar-refractivity contribution is 7.94. The van der Waals surface area contributed by atoms with E-state index in [2.05, 4.69) is 10.2 Å². The Bertz CT molecular complexity index is 408. The van der Waals surface area contributed by atoms with Crippen molar-refractivity contribution in [3.8, 4) is 0 Å². The predicted molar refractivity (Wildman–Crippen MR) is 73.0 cm³/mol. The number of rotatable bonds is 5. The minimum atomic E-state index is -0.122. The molecular weight excluding hydrogens is 267 g/mol. The maximum atomic E-state index is 12.3. The quantitative estimate of drug-likeness (QED) is 0.894. The molecule has 4 nitrogen and oxygen atoms in total. The lowest BCUT2D eigenvalue weighted by molar-refractivity contribution is 0.0383. The predicted octanol–water partition coefficient (Wildman–Crippen LogP) is 1.73. The number of morpholine rings is 1. The van der Waals surface area contributed by atoms with E-state index in [1.165, 1.54) is 0 Å². The first-order valence-electron chi connectivity index (χ1n) is 6.26. The van der Waals surface area contributed by atoms with Gasteiger partial charge in [-0.25, -0.2) is 0 Å². The fourth-order valence-electron chi connectivity index (χ4n) is 1.91. The number of hydrogen-bond acceptors (Lipinski definition) is 4. The lowest BCUT2D eigenvalue weighted by Gasteiger charge is -2.26. The van der Waals surface area contributed by atoms with Crippen molar-refractivity contribution in [3.05, 3.63) is 29.8 Å². The van der Waals surface area contributed by atoms with Crippen molar-refractivity contribution in [1.82, 2.24) is 10.2 Å². The van der Waals surface area contributed by atoms with Gasteiger partial charge in [-0.2, -0.15) is 3.89 Å². The second-order valence-electron chi connectivity index (χ2n) is 4.31. The molecule has 0 atom stereocenters. The van der Waals surface area contributed by atoms with Gasteiger partial charge in [0.05, 0.1) is 25.4 Å². The maximum absolute atomic E-state index is 12.3. The van der Waals surface area contributed by atoms with Gasteiger partial charge in [0.2, 0.25) is 0 Å². The zero-order chi connectivity index (χ0) is 13.5. The van der Waals surface area contributed by atoms with Gasteiger partial charge in [0.1, 0.15) is 0 Å². The molecule has 0 unspecified atom stereocenters. The van der Waals surface area contributed by atoms with Crippen LogP contribution in [0.25, 0.3) is 0 Å². The average molecular weight is 284 g/mol. The van der Waals surface area contributed by atoms with Gasteiger partial charge in [-0.1, -0.05) is 0 Å². The van der Waals surface area contributed by atoms with Crippen molar-refractivity contribution in [3.63, 3.8) is 0 Å². The fraction of sp³-hybridized carbons (Fsp3) is 0.462. The average Bonchev–Trinajstić information content (AvgIpc) is 2.48. The van der Waals surface area contributed by atoms with Crippen LogP contribution < -0.4 is 5.32 Å². The second kappa shape index (κ2) is 7.47. The van der Waals surface area contributed by atoms with Gasteiger partial charge in [0.15, 0.2) is 0 Å². The zero-order valence-electron chi connectivity index (χ0n) is 10.6. The number of carbonyl (C=O) groups excluding carboxylic acids is 1. The molecule has 0 aliphatic carbocycles. The van der Waals surface area contributed by atoms with E-state index >= 15 is 0 Å². The van der Waals surface area contributed by atoms with Crippen LogP contribution in [0.15, 0.2) is 29.2 Å². The van der Waals surface area contributed by atoms with Crippen LogP contribution in [0.1, 0.15) is 10.4 Å². The summed E-state index contributed by atoms with van der Waals surface area (Å²) in [6.45, 7) is 4.79. The summed E-state index contributed by atoms with van der Waals surface area (Å²) < 4.78 is 17.5. The van der Waals surface area contributed by atoms with Crippen molar-refractivity contribution in [2.75, 3.05) is 39.4 Å². The van der Waals surface area contributed by atoms with Crippen LogP contribution in [0, 0.1) is 0 Å². The van der Waals surface area contributed by atoms with E-state index in [1.807, 2.05) is 0 Å². The molecule has 104 valence electrons. The van der Waals surface area contributed by atoms with Crippen LogP contribution in [-0.4, -0.2) is 50.2 Å². The number of hydrogen-bond donors (Lipinski definition) is 1. The minimum Gasteiger partial charge on any atom is -0.379 e. The highest BCUT2D eigenvalue weighted by Crippen LogP contribution is 2.18. The van der Waals surface area contributed by atoms with E-state index in [9.17, 15) is 8.68 Å². The molecule has 0 saturated carbocycles. The number of halogens is 1.